The van der Waals surface area contributed by atoms with Crippen molar-refractivity contribution in [3.05, 3.63) is 35.9 Å². The van der Waals surface area contributed by atoms with Crippen molar-refractivity contribution in [2.45, 2.75) is 58.1 Å². The lowest BCUT2D eigenvalue weighted by molar-refractivity contribution is -0.143. The van der Waals surface area contributed by atoms with E-state index in [-0.39, 0.29) is 44.0 Å². The number of nitrogens with one attached hydrogen (secondary N) is 1. The molecule has 0 saturated carbocycles. The molecule has 0 unspecified atom stereocenters. The Morgan fingerprint density at radius 1 is 1.19 bits per heavy atom. The number of rotatable bonds is 11. The van der Waals surface area contributed by atoms with Crippen LogP contribution < -0.4 is 5.32 Å². The molecule has 0 aromatic heterocycles. The van der Waals surface area contributed by atoms with Crippen LogP contribution in [0.15, 0.2) is 30.3 Å². The predicted octanol–water partition coefficient (Wildman–Crippen LogP) is 2.32. The Bertz CT molecular complexity index is 855. The Morgan fingerprint density at radius 3 is 2.50 bits per heavy atom. The topological polar surface area (TPSA) is 130 Å². The molecule has 0 radical (unpaired) electrons. The monoisotopic (exact) mass is 446 g/mol. The third-order valence-electron chi connectivity index (χ3n) is 5.85. The fraction of sp³-hybridized carbons (Fsp3) is 0.522. The standard InChI is InChI=1S/C23H30N2O7/c1-16(26)18(9-10-21(29)30)13-19(27)23(2)11-6-12-25(23)20(28)14-24-22(31)32-15-17-7-4-3-5-8-17/h3-5,7-8,18H,6,9-15H2,1-2H3,(H,24,31)(H,29,30)/t18-,23+/m1/s1. The number of aliphatic carboxylic acids is 1. The number of alkyl carbamates (subject to hydrolysis) is 1. The van der Waals surface area contributed by atoms with Crippen LogP contribution in [0.5, 0.6) is 0 Å². The number of likely N-dealkylation sites (tertiary alicyclic amines) is 1. The second-order valence-electron chi connectivity index (χ2n) is 8.21. The highest BCUT2D eigenvalue weighted by Crippen LogP contribution is 2.32. The first-order valence-electron chi connectivity index (χ1n) is 10.6. The number of carbonyl (C=O) groups excluding carboxylic acids is 4. The largest absolute Gasteiger partial charge is 0.481 e. The van der Waals surface area contributed by atoms with Crippen molar-refractivity contribution in [1.82, 2.24) is 10.2 Å². The number of ketones is 2. The number of nitrogens with zero attached hydrogens (tertiary/aromatic N) is 1. The highest BCUT2D eigenvalue weighted by Gasteiger charge is 2.45. The van der Waals surface area contributed by atoms with Gasteiger partial charge in [-0.15, -0.1) is 0 Å². The first-order chi connectivity index (χ1) is 15.1. The Hall–Kier alpha value is -3.23. The molecule has 0 spiro atoms. The van der Waals surface area contributed by atoms with Gasteiger partial charge in [0.1, 0.15) is 18.9 Å². The van der Waals surface area contributed by atoms with E-state index in [0.29, 0.717) is 19.4 Å². The molecule has 32 heavy (non-hydrogen) atoms. The summed E-state index contributed by atoms with van der Waals surface area (Å²) >= 11 is 0. The molecule has 1 fully saturated rings. The van der Waals surface area contributed by atoms with Crippen LogP contribution in [0.2, 0.25) is 0 Å². The second kappa shape index (κ2) is 11.4. The number of amides is 2. The Kier molecular flexibility index (Phi) is 8.92. The van der Waals surface area contributed by atoms with E-state index in [2.05, 4.69) is 5.32 Å². The lowest BCUT2D eigenvalue weighted by atomic mass is 9.84. The van der Waals surface area contributed by atoms with Gasteiger partial charge in [-0.25, -0.2) is 4.79 Å². The van der Waals surface area contributed by atoms with Gasteiger partial charge in [-0.3, -0.25) is 19.2 Å². The molecule has 1 heterocycles. The van der Waals surface area contributed by atoms with Gasteiger partial charge in [-0.2, -0.15) is 0 Å². The number of hydrogen-bond acceptors (Lipinski definition) is 6. The molecule has 2 atom stereocenters. The van der Waals surface area contributed by atoms with Crippen molar-refractivity contribution in [3.8, 4) is 0 Å². The number of ether oxygens (including phenoxy) is 1. The van der Waals surface area contributed by atoms with Gasteiger partial charge < -0.3 is 20.1 Å². The van der Waals surface area contributed by atoms with Crippen LogP contribution in [0.25, 0.3) is 0 Å². The molecule has 2 amide bonds. The van der Waals surface area contributed by atoms with Gasteiger partial charge in [0.2, 0.25) is 5.91 Å². The maximum absolute atomic E-state index is 13.0. The summed E-state index contributed by atoms with van der Waals surface area (Å²) in [4.78, 5) is 61.8. The van der Waals surface area contributed by atoms with Crippen LogP contribution in [0, 0.1) is 5.92 Å². The molecule has 9 nitrogen and oxygen atoms in total. The first-order valence-corrected chi connectivity index (χ1v) is 10.6. The van der Waals surface area contributed by atoms with Gasteiger partial charge >= 0.3 is 12.1 Å². The number of Topliss-reactive ketones (excluding diaryl/α,β-unsaturated/α-hetero) is 2. The zero-order chi connectivity index (χ0) is 23.7. The van der Waals surface area contributed by atoms with Gasteiger partial charge in [-0.1, -0.05) is 30.3 Å². The van der Waals surface area contributed by atoms with Crippen LogP contribution in [0.1, 0.15) is 51.5 Å². The van der Waals surface area contributed by atoms with Crippen LogP contribution in [-0.4, -0.2) is 58.2 Å². The third-order valence-corrected chi connectivity index (χ3v) is 5.85. The maximum atomic E-state index is 13.0. The minimum Gasteiger partial charge on any atom is -0.481 e. The average molecular weight is 447 g/mol. The van der Waals surface area contributed by atoms with Crippen molar-refractivity contribution >= 4 is 29.5 Å². The predicted molar refractivity (Wildman–Crippen MR) is 115 cm³/mol. The van der Waals surface area contributed by atoms with Crippen molar-refractivity contribution < 1.29 is 33.8 Å². The maximum Gasteiger partial charge on any atom is 0.407 e. The highest BCUT2D eigenvalue weighted by atomic mass is 16.5. The molecule has 1 aromatic carbocycles. The molecule has 0 bridgehead atoms. The van der Waals surface area contributed by atoms with E-state index in [1.54, 1.807) is 6.92 Å². The van der Waals surface area contributed by atoms with Crippen molar-refractivity contribution in [3.63, 3.8) is 0 Å². The van der Waals surface area contributed by atoms with Crippen molar-refractivity contribution in [2.24, 2.45) is 5.92 Å². The second-order valence-corrected chi connectivity index (χ2v) is 8.21. The highest BCUT2D eigenvalue weighted by molar-refractivity contribution is 5.96. The zero-order valence-electron chi connectivity index (χ0n) is 18.5. The molecule has 174 valence electrons. The molecular formula is C23H30N2O7. The number of carboxylic acids is 1. The van der Waals surface area contributed by atoms with Crippen LogP contribution >= 0.6 is 0 Å². The van der Waals surface area contributed by atoms with E-state index in [9.17, 15) is 24.0 Å². The molecular weight excluding hydrogens is 416 g/mol. The van der Waals surface area contributed by atoms with E-state index in [4.69, 9.17) is 9.84 Å². The third kappa shape index (κ3) is 6.90. The summed E-state index contributed by atoms with van der Waals surface area (Å²) in [6.45, 7) is 3.11. The fourth-order valence-electron chi connectivity index (χ4n) is 3.86. The molecule has 2 rings (SSSR count). The molecule has 1 aliphatic heterocycles. The molecule has 2 N–H and O–H groups in total. The van der Waals surface area contributed by atoms with E-state index in [1.807, 2.05) is 30.3 Å². The molecule has 1 aromatic rings. The summed E-state index contributed by atoms with van der Waals surface area (Å²) in [6, 6.07) is 9.11. The average Bonchev–Trinajstić information content (AvgIpc) is 3.16. The van der Waals surface area contributed by atoms with E-state index in [0.717, 1.165) is 5.56 Å². The summed E-state index contributed by atoms with van der Waals surface area (Å²) in [5, 5.41) is 11.3. The Labute approximate surface area is 187 Å². The van der Waals surface area contributed by atoms with Crippen LogP contribution in [0.3, 0.4) is 0 Å². The Morgan fingerprint density at radius 2 is 1.88 bits per heavy atom. The molecule has 1 saturated heterocycles. The van der Waals surface area contributed by atoms with Crippen LogP contribution in [-0.2, 0) is 30.5 Å². The lowest BCUT2D eigenvalue weighted by Crippen LogP contribution is -2.54. The van der Waals surface area contributed by atoms with Crippen molar-refractivity contribution in [2.75, 3.05) is 13.1 Å². The smallest absolute Gasteiger partial charge is 0.407 e. The van der Waals surface area contributed by atoms with Gasteiger partial charge in [0.05, 0.1) is 5.54 Å². The zero-order valence-corrected chi connectivity index (χ0v) is 18.5. The number of carboxylic acid groups (broad SMARTS) is 1. The number of hydrogen-bond donors (Lipinski definition) is 2. The summed E-state index contributed by atoms with van der Waals surface area (Å²) < 4.78 is 5.09. The Balaban J connectivity index is 1.91. The summed E-state index contributed by atoms with van der Waals surface area (Å²) in [7, 11) is 0. The minimum atomic E-state index is -1.09. The normalized spacial score (nSPS) is 18.6. The van der Waals surface area contributed by atoms with Crippen molar-refractivity contribution in [1.29, 1.82) is 0 Å². The van der Waals surface area contributed by atoms with Gasteiger partial charge in [0, 0.05) is 25.3 Å². The quantitative estimate of drug-likeness (QED) is 0.533. The molecule has 1 aliphatic rings. The number of benzene rings is 1. The summed E-state index contributed by atoms with van der Waals surface area (Å²) in [5.41, 5.74) is -0.279. The fourth-order valence-corrected chi connectivity index (χ4v) is 3.86. The number of carbonyl (C=O) groups is 5. The summed E-state index contributed by atoms with van der Waals surface area (Å²) in [5.74, 6) is -2.67. The lowest BCUT2D eigenvalue weighted by Gasteiger charge is -2.35. The summed E-state index contributed by atoms with van der Waals surface area (Å²) in [6.07, 6.45) is 0.0855. The van der Waals surface area contributed by atoms with E-state index < -0.39 is 29.4 Å². The van der Waals surface area contributed by atoms with Gasteiger partial charge in [0.25, 0.3) is 0 Å². The first kappa shape index (κ1) is 25.0. The van der Waals surface area contributed by atoms with Gasteiger partial charge in [-0.05, 0) is 38.7 Å². The minimum absolute atomic E-state index is 0.0730. The van der Waals surface area contributed by atoms with Crippen LogP contribution in [0.4, 0.5) is 4.79 Å². The van der Waals surface area contributed by atoms with E-state index >= 15 is 0 Å². The molecule has 0 aliphatic carbocycles. The molecule has 9 heteroatoms. The SMILES string of the molecule is CC(=O)[C@H](CCC(=O)O)CC(=O)[C@]1(C)CCCN1C(=O)CNC(=O)OCc1ccccc1. The van der Waals surface area contributed by atoms with E-state index in [1.165, 1.54) is 11.8 Å². The van der Waals surface area contributed by atoms with Gasteiger partial charge in [0.15, 0.2) is 5.78 Å².